The molecular formula is C20H21NO4S. The highest BCUT2D eigenvalue weighted by atomic mass is 32.1. The summed E-state index contributed by atoms with van der Waals surface area (Å²) in [6.45, 7) is 5.61. The Hall–Kier alpha value is -2.60. The summed E-state index contributed by atoms with van der Waals surface area (Å²) in [6.07, 6.45) is 1.65. The van der Waals surface area contributed by atoms with Gasteiger partial charge in [-0.25, -0.2) is 0 Å². The third kappa shape index (κ3) is 3.96. The Morgan fingerprint density at radius 1 is 1.27 bits per heavy atom. The standard InChI is InChI=1S/C20H21NO4S/c1-12-6-7-16-15(10-25-20(16)13(12)2)9-19(23)24-11-18(22)21-14(3)17-5-4-8-26-17/h4-8,10,14H,9,11H2,1-3H3,(H,21,22)/t14-/m1/s1. The van der Waals surface area contributed by atoms with E-state index in [1.54, 1.807) is 17.6 Å². The van der Waals surface area contributed by atoms with Crippen LogP contribution >= 0.6 is 11.3 Å². The third-order valence-electron chi connectivity index (χ3n) is 4.39. The molecule has 3 aromatic rings. The first-order chi connectivity index (χ1) is 12.5. The van der Waals surface area contributed by atoms with Crippen molar-refractivity contribution in [1.82, 2.24) is 5.32 Å². The molecular weight excluding hydrogens is 350 g/mol. The van der Waals surface area contributed by atoms with E-state index >= 15 is 0 Å². The number of carbonyl (C=O) groups is 2. The molecule has 1 N–H and O–H groups in total. The molecule has 5 nitrogen and oxygen atoms in total. The van der Waals surface area contributed by atoms with Gasteiger partial charge in [-0.05, 0) is 43.3 Å². The zero-order valence-corrected chi connectivity index (χ0v) is 15.8. The van der Waals surface area contributed by atoms with E-state index in [1.807, 2.05) is 50.4 Å². The normalized spacial score (nSPS) is 12.1. The molecule has 1 atom stereocenters. The predicted octanol–water partition coefficient (Wildman–Crippen LogP) is 4.07. The number of ether oxygens (including phenoxy) is 1. The van der Waals surface area contributed by atoms with Gasteiger partial charge in [0.1, 0.15) is 5.58 Å². The molecule has 0 aliphatic carbocycles. The van der Waals surface area contributed by atoms with E-state index in [1.165, 1.54) is 0 Å². The Kier molecular flexibility index (Phi) is 5.42. The number of amides is 1. The van der Waals surface area contributed by atoms with Crippen molar-refractivity contribution in [1.29, 1.82) is 0 Å². The number of hydrogen-bond donors (Lipinski definition) is 1. The van der Waals surface area contributed by atoms with Gasteiger partial charge in [0.05, 0.1) is 18.7 Å². The highest BCUT2D eigenvalue weighted by Gasteiger charge is 2.16. The maximum atomic E-state index is 12.1. The molecule has 26 heavy (non-hydrogen) atoms. The van der Waals surface area contributed by atoms with Crippen molar-refractivity contribution in [2.75, 3.05) is 6.61 Å². The number of fused-ring (bicyclic) bond motifs is 1. The zero-order valence-electron chi connectivity index (χ0n) is 15.0. The van der Waals surface area contributed by atoms with Crippen molar-refractivity contribution in [3.05, 3.63) is 57.5 Å². The van der Waals surface area contributed by atoms with Gasteiger partial charge in [-0.15, -0.1) is 11.3 Å². The van der Waals surface area contributed by atoms with Crippen LogP contribution in [0.5, 0.6) is 0 Å². The molecule has 0 spiro atoms. The molecule has 1 amide bonds. The van der Waals surface area contributed by atoms with Crippen LogP contribution in [0.4, 0.5) is 0 Å². The second-order valence-corrected chi connectivity index (χ2v) is 7.27. The summed E-state index contributed by atoms with van der Waals surface area (Å²) in [4.78, 5) is 25.1. The van der Waals surface area contributed by atoms with Gasteiger partial charge in [0.25, 0.3) is 5.91 Å². The van der Waals surface area contributed by atoms with Crippen LogP contribution in [0.1, 0.15) is 34.5 Å². The minimum Gasteiger partial charge on any atom is -0.464 e. The van der Waals surface area contributed by atoms with Gasteiger partial charge in [0.2, 0.25) is 0 Å². The van der Waals surface area contributed by atoms with E-state index in [2.05, 4.69) is 5.32 Å². The zero-order chi connectivity index (χ0) is 18.7. The van der Waals surface area contributed by atoms with Crippen molar-refractivity contribution in [2.45, 2.75) is 33.2 Å². The topological polar surface area (TPSA) is 68.5 Å². The van der Waals surface area contributed by atoms with E-state index in [0.717, 1.165) is 32.5 Å². The summed E-state index contributed by atoms with van der Waals surface area (Å²) in [5.41, 5.74) is 3.75. The molecule has 0 saturated carbocycles. The first kappa shape index (κ1) is 18.2. The van der Waals surface area contributed by atoms with Crippen molar-refractivity contribution in [3.8, 4) is 0 Å². The highest BCUT2D eigenvalue weighted by molar-refractivity contribution is 7.10. The summed E-state index contributed by atoms with van der Waals surface area (Å²) >= 11 is 1.57. The predicted molar refractivity (Wildman–Crippen MR) is 101 cm³/mol. The minimum atomic E-state index is -0.454. The van der Waals surface area contributed by atoms with Crippen molar-refractivity contribution < 1.29 is 18.7 Å². The summed E-state index contributed by atoms with van der Waals surface area (Å²) in [5.74, 6) is -0.771. The van der Waals surface area contributed by atoms with Crippen LogP contribution in [0, 0.1) is 13.8 Å². The van der Waals surface area contributed by atoms with Crippen LogP contribution in [0.2, 0.25) is 0 Å². The van der Waals surface area contributed by atoms with E-state index in [0.29, 0.717) is 0 Å². The second kappa shape index (κ2) is 7.74. The number of benzene rings is 1. The molecule has 0 saturated heterocycles. The fourth-order valence-corrected chi connectivity index (χ4v) is 3.50. The van der Waals surface area contributed by atoms with Crippen LogP contribution in [-0.2, 0) is 20.7 Å². The van der Waals surface area contributed by atoms with Gasteiger partial charge >= 0.3 is 5.97 Å². The van der Waals surface area contributed by atoms with Gasteiger partial charge < -0.3 is 14.5 Å². The van der Waals surface area contributed by atoms with E-state index in [4.69, 9.17) is 9.15 Å². The fraction of sp³-hybridized carbons (Fsp3) is 0.300. The molecule has 136 valence electrons. The Labute approximate surface area is 156 Å². The molecule has 0 fully saturated rings. The number of aryl methyl sites for hydroxylation is 2. The summed E-state index contributed by atoms with van der Waals surface area (Å²) in [7, 11) is 0. The summed E-state index contributed by atoms with van der Waals surface area (Å²) in [6, 6.07) is 7.72. The summed E-state index contributed by atoms with van der Waals surface area (Å²) in [5, 5.41) is 5.67. The average molecular weight is 371 g/mol. The number of esters is 1. The molecule has 0 unspecified atom stereocenters. The van der Waals surface area contributed by atoms with Crippen molar-refractivity contribution >= 4 is 34.2 Å². The minimum absolute atomic E-state index is 0.0727. The molecule has 2 heterocycles. The van der Waals surface area contributed by atoms with Gasteiger partial charge in [-0.3, -0.25) is 9.59 Å². The Balaban J connectivity index is 1.54. The van der Waals surface area contributed by atoms with E-state index < -0.39 is 5.97 Å². The average Bonchev–Trinajstić information content (AvgIpc) is 3.27. The highest BCUT2D eigenvalue weighted by Crippen LogP contribution is 2.27. The van der Waals surface area contributed by atoms with Crippen LogP contribution < -0.4 is 5.32 Å². The molecule has 0 bridgehead atoms. The number of nitrogens with one attached hydrogen (secondary N) is 1. The number of thiophene rings is 1. The largest absolute Gasteiger partial charge is 0.464 e. The number of furan rings is 1. The SMILES string of the molecule is Cc1ccc2c(CC(=O)OCC(=O)N[C@H](C)c3cccs3)coc2c1C. The molecule has 1 aromatic carbocycles. The maximum Gasteiger partial charge on any atom is 0.310 e. The Morgan fingerprint density at radius 3 is 2.81 bits per heavy atom. The van der Waals surface area contributed by atoms with Gasteiger partial charge in [-0.1, -0.05) is 18.2 Å². The molecule has 6 heteroatoms. The lowest BCUT2D eigenvalue weighted by molar-refractivity contribution is -0.148. The number of carbonyl (C=O) groups excluding carboxylic acids is 2. The van der Waals surface area contributed by atoms with Gasteiger partial charge in [0, 0.05) is 15.8 Å². The van der Waals surface area contributed by atoms with Crippen LogP contribution in [-0.4, -0.2) is 18.5 Å². The van der Waals surface area contributed by atoms with Gasteiger partial charge in [-0.2, -0.15) is 0 Å². The molecule has 2 aromatic heterocycles. The van der Waals surface area contributed by atoms with Crippen LogP contribution in [0.15, 0.2) is 40.3 Å². The second-order valence-electron chi connectivity index (χ2n) is 6.29. The Bertz CT molecular complexity index is 927. The fourth-order valence-electron chi connectivity index (χ4n) is 2.77. The molecule has 0 radical (unpaired) electrons. The maximum absolute atomic E-state index is 12.1. The van der Waals surface area contributed by atoms with Crippen molar-refractivity contribution in [2.24, 2.45) is 0 Å². The van der Waals surface area contributed by atoms with Crippen LogP contribution in [0.25, 0.3) is 11.0 Å². The first-order valence-electron chi connectivity index (χ1n) is 8.40. The lowest BCUT2D eigenvalue weighted by Gasteiger charge is -2.12. The smallest absolute Gasteiger partial charge is 0.310 e. The molecule has 0 aliphatic heterocycles. The first-order valence-corrected chi connectivity index (χ1v) is 9.28. The Morgan fingerprint density at radius 2 is 2.08 bits per heavy atom. The lowest BCUT2D eigenvalue weighted by Crippen LogP contribution is -2.31. The number of rotatable bonds is 6. The number of hydrogen-bond acceptors (Lipinski definition) is 5. The van der Waals surface area contributed by atoms with Crippen molar-refractivity contribution in [3.63, 3.8) is 0 Å². The summed E-state index contributed by atoms with van der Waals surface area (Å²) < 4.78 is 10.7. The molecule has 3 rings (SSSR count). The van der Waals surface area contributed by atoms with Gasteiger partial charge in [0.15, 0.2) is 6.61 Å². The lowest BCUT2D eigenvalue weighted by atomic mass is 10.0. The quantitative estimate of drug-likeness (QED) is 0.663. The van der Waals surface area contributed by atoms with E-state index in [9.17, 15) is 9.59 Å². The van der Waals surface area contributed by atoms with E-state index in [-0.39, 0.29) is 25.0 Å². The monoisotopic (exact) mass is 371 g/mol. The van der Waals surface area contributed by atoms with Crippen LogP contribution in [0.3, 0.4) is 0 Å². The third-order valence-corrected chi connectivity index (χ3v) is 5.44. The molecule has 0 aliphatic rings.